The molecule has 0 aromatic rings. The number of hydrogen-bond acceptors (Lipinski definition) is 1. The molecule has 5 heteroatoms. The van der Waals surface area contributed by atoms with Crippen LogP contribution in [0.25, 0.3) is 0 Å². The van der Waals surface area contributed by atoms with Crippen molar-refractivity contribution >= 4 is 0 Å². The lowest BCUT2D eigenvalue weighted by molar-refractivity contribution is -0.0269. The average Bonchev–Trinajstić information content (AvgIpc) is 2.79. The molecule has 32 heavy (non-hydrogen) atoms. The minimum Gasteiger partial charge on any atom is -0.489 e. The second kappa shape index (κ2) is 11.1. The number of alkyl halides is 2. The first kappa shape index (κ1) is 24.4. The zero-order chi connectivity index (χ0) is 22.7. The third kappa shape index (κ3) is 6.03. The highest BCUT2D eigenvalue weighted by Gasteiger charge is 2.43. The highest BCUT2D eigenvalue weighted by atomic mass is 19.3. The second-order valence-electron chi connectivity index (χ2n) is 11.6. The average molecular weight is 459 g/mol. The molecule has 0 heterocycles. The third-order valence-corrected chi connectivity index (χ3v) is 9.76. The summed E-state index contributed by atoms with van der Waals surface area (Å²) in [4.78, 5) is 0. The fraction of sp³-hybridized carbons (Fsp3) is 0.926. The molecule has 0 N–H and O–H groups in total. The Morgan fingerprint density at radius 1 is 0.625 bits per heavy atom. The van der Waals surface area contributed by atoms with E-state index in [0.29, 0.717) is 37.4 Å². The maximum Gasteiger partial charge on any atom is 0.304 e. The third-order valence-electron chi connectivity index (χ3n) is 9.76. The van der Waals surface area contributed by atoms with E-state index in [-0.39, 0.29) is 18.3 Å². The van der Waals surface area contributed by atoms with Gasteiger partial charge < -0.3 is 4.74 Å². The Hall–Kier alpha value is -0.740. The zero-order valence-electron chi connectivity index (χ0n) is 19.7. The van der Waals surface area contributed by atoms with Gasteiger partial charge in [-0.25, -0.2) is 8.78 Å². The van der Waals surface area contributed by atoms with Crippen LogP contribution in [-0.2, 0) is 4.74 Å². The van der Waals surface area contributed by atoms with Gasteiger partial charge in [0.1, 0.15) is 24.7 Å². The number of ether oxygens (including phenoxy) is 1. The van der Waals surface area contributed by atoms with Crippen molar-refractivity contribution < 1.29 is 22.3 Å². The van der Waals surface area contributed by atoms with E-state index in [1.54, 1.807) is 0 Å². The summed E-state index contributed by atoms with van der Waals surface area (Å²) in [6.07, 6.45) is 10.2. The second-order valence-corrected chi connectivity index (χ2v) is 11.6. The van der Waals surface area contributed by atoms with E-state index in [2.05, 4.69) is 6.92 Å². The smallest absolute Gasteiger partial charge is 0.304 e. The SMILES string of the molecule is CC1CCC(C2CCC(C3CCC(C4CCC(OC=C(F)F)C(F)C4)C(F)C3)CC2)CC1. The molecule has 0 radical (unpaired) electrons. The standard InChI is InChI=1S/C27H42F4O/c1-17-2-4-18(5-3-17)19-6-8-20(9-7-19)21-10-12-23(24(28)14-21)22-11-13-26(25(29)15-22)32-16-27(30)31/h16-26H,2-15H2,1H3. The maximum atomic E-state index is 15.3. The van der Waals surface area contributed by atoms with Crippen molar-refractivity contribution in [1.29, 1.82) is 0 Å². The van der Waals surface area contributed by atoms with Crippen LogP contribution >= 0.6 is 0 Å². The minimum atomic E-state index is -1.94. The lowest BCUT2D eigenvalue weighted by atomic mass is 9.63. The van der Waals surface area contributed by atoms with Gasteiger partial charge in [0, 0.05) is 0 Å². The highest BCUT2D eigenvalue weighted by Crippen LogP contribution is 2.49. The fourth-order valence-electron chi connectivity index (χ4n) is 7.77. The lowest BCUT2D eigenvalue weighted by Gasteiger charge is -2.44. The summed E-state index contributed by atoms with van der Waals surface area (Å²) in [5.74, 6) is 3.85. The zero-order valence-corrected chi connectivity index (χ0v) is 19.7. The molecule has 4 saturated carbocycles. The van der Waals surface area contributed by atoms with E-state index in [1.807, 2.05) is 0 Å². The normalized spacial score (nSPS) is 45.8. The molecule has 0 saturated heterocycles. The van der Waals surface area contributed by atoms with Crippen molar-refractivity contribution in [3.63, 3.8) is 0 Å². The van der Waals surface area contributed by atoms with E-state index < -0.39 is 24.5 Å². The van der Waals surface area contributed by atoms with Crippen molar-refractivity contribution in [2.45, 2.75) is 115 Å². The molecule has 4 aliphatic rings. The monoisotopic (exact) mass is 458 g/mol. The van der Waals surface area contributed by atoms with Gasteiger partial charge in [-0.05, 0) is 118 Å². The predicted molar refractivity (Wildman–Crippen MR) is 120 cm³/mol. The molecular formula is C27H42F4O. The van der Waals surface area contributed by atoms with Crippen LogP contribution in [0.3, 0.4) is 0 Å². The van der Waals surface area contributed by atoms with Gasteiger partial charge >= 0.3 is 6.08 Å². The van der Waals surface area contributed by atoms with Gasteiger partial charge in [0.15, 0.2) is 0 Å². The van der Waals surface area contributed by atoms with Gasteiger partial charge in [-0.15, -0.1) is 0 Å². The van der Waals surface area contributed by atoms with E-state index in [0.717, 1.165) is 30.6 Å². The molecule has 0 spiro atoms. The maximum absolute atomic E-state index is 15.3. The summed E-state index contributed by atoms with van der Waals surface area (Å²) >= 11 is 0. The van der Waals surface area contributed by atoms with Crippen LogP contribution in [0.4, 0.5) is 17.6 Å². The molecule has 6 atom stereocenters. The van der Waals surface area contributed by atoms with Crippen molar-refractivity contribution in [2.24, 2.45) is 41.4 Å². The van der Waals surface area contributed by atoms with Crippen LogP contribution in [0.2, 0.25) is 0 Å². The van der Waals surface area contributed by atoms with Crippen LogP contribution in [0, 0.1) is 41.4 Å². The summed E-state index contributed by atoms with van der Waals surface area (Å²) in [5, 5.41) is 0. The number of rotatable bonds is 5. The summed E-state index contributed by atoms with van der Waals surface area (Å²) in [7, 11) is 0. The first-order valence-corrected chi connectivity index (χ1v) is 13.4. The topological polar surface area (TPSA) is 9.23 Å². The highest BCUT2D eigenvalue weighted by molar-refractivity contribution is 4.93. The molecule has 0 bridgehead atoms. The van der Waals surface area contributed by atoms with Crippen molar-refractivity contribution in [2.75, 3.05) is 0 Å². The van der Waals surface area contributed by atoms with E-state index in [4.69, 9.17) is 4.74 Å². The molecule has 1 nitrogen and oxygen atoms in total. The van der Waals surface area contributed by atoms with Gasteiger partial charge in [0.2, 0.25) is 0 Å². The molecule has 0 aliphatic heterocycles. The molecule has 0 aromatic carbocycles. The number of halogens is 4. The Bertz CT molecular complexity index is 605. The van der Waals surface area contributed by atoms with Crippen LogP contribution in [0.5, 0.6) is 0 Å². The molecule has 0 amide bonds. The number of hydrogen-bond donors (Lipinski definition) is 0. The van der Waals surface area contributed by atoms with Crippen molar-refractivity contribution in [3.05, 3.63) is 12.3 Å². The minimum absolute atomic E-state index is 0.0180. The van der Waals surface area contributed by atoms with Crippen molar-refractivity contribution in [1.82, 2.24) is 0 Å². The van der Waals surface area contributed by atoms with Crippen LogP contribution in [0.15, 0.2) is 12.3 Å². The molecular weight excluding hydrogens is 416 g/mol. The summed E-state index contributed by atoms with van der Waals surface area (Å²) in [5.41, 5.74) is 0. The summed E-state index contributed by atoms with van der Waals surface area (Å²) < 4.78 is 59.1. The van der Waals surface area contributed by atoms with Crippen LogP contribution < -0.4 is 0 Å². The van der Waals surface area contributed by atoms with Crippen LogP contribution in [0.1, 0.15) is 96.8 Å². The van der Waals surface area contributed by atoms with Crippen molar-refractivity contribution in [3.8, 4) is 0 Å². The van der Waals surface area contributed by atoms with E-state index in [1.165, 1.54) is 51.4 Å². The molecule has 6 unspecified atom stereocenters. The Balaban J connectivity index is 1.21. The van der Waals surface area contributed by atoms with Gasteiger partial charge in [0.05, 0.1) is 0 Å². The summed E-state index contributed by atoms with van der Waals surface area (Å²) in [6.45, 7) is 2.38. The Morgan fingerprint density at radius 3 is 1.69 bits per heavy atom. The first-order valence-electron chi connectivity index (χ1n) is 13.4. The fourth-order valence-corrected chi connectivity index (χ4v) is 7.77. The Labute approximate surface area is 191 Å². The van der Waals surface area contributed by atoms with E-state index in [9.17, 15) is 13.2 Å². The van der Waals surface area contributed by atoms with Gasteiger partial charge in [0.25, 0.3) is 0 Å². The largest absolute Gasteiger partial charge is 0.489 e. The van der Waals surface area contributed by atoms with E-state index >= 15 is 4.39 Å². The summed E-state index contributed by atoms with van der Waals surface area (Å²) in [6, 6.07) is 0. The lowest BCUT2D eigenvalue weighted by Crippen LogP contribution is -2.40. The first-order chi connectivity index (χ1) is 15.4. The van der Waals surface area contributed by atoms with Crippen LogP contribution in [-0.4, -0.2) is 18.4 Å². The molecule has 4 fully saturated rings. The van der Waals surface area contributed by atoms with Gasteiger partial charge in [-0.1, -0.05) is 19.8 Å². The Kier molecular flexibility index (Phi) is 8.48. The molecule has 4 aliphatic carbocycles. The molecule has 0 aromatic heterocycles. The quantitative estimate of drug-likeness (QED) is 0.296. The molecule has 4 rings (SSSR count). The van der Waals surface area contributed by atoms with Gasteiger partial charge in [-0.2, -0.15) is 8.78 Å². The Morgan fingerprint density at radius 2 is 1.12 bits per heavy atom. The van der Waals surface area contributed by atoms with Gasteiger partial charge in [-0.3, -0.25) is 0 Å². The molecule has 184 valence electrons. The predicted octanol–water partition coefficient (Wildman–Crippen LogP) is 8.63.